The summed E-state index contributed by atoms with van der Waals surface area (Å²) in [4.78, 5) is 2.38. The molecule has 1 heterocycles. The molecule has 1 fully saturated rings. The second kappa shape index (κ2) is 7.64. The minimum atomic E-state index is -3.44. The number of benzene rings is 1. The van der Waals surface area contributed by atoms with E-state index in [0.29, 0.717) is 6.54 Å². The van der Waals surface area contributed by atoms with E-state index in [4.69, 9.17) is 0 Å². The second-order valence-electron chi connectivity index (χ2n) is 6.55. The predicted molar refractivity (Wildman–Crippen MR) is 95.8 cm³/mol. The van der Waals surface area contributed by atoms with Crippen molar-refractivity contribution >= 4 is 15.9 Å². The van der Waals surface area contributed by atoms with Gasteiger partial charge in [0, 0.05) is 45.5 Å². The Morgan fingerprint density at radius 3 is 2.30 bits per heavy atom. The van der Waals surface area contributed by atoms with Gasteiger partial charge < -0.3 is 4.90 Å². The van der Waals surface area contributed by atoms with E-state index in [2.05, 4.69) is 11.0 Å². The Labute approximate surface area is 141 Å². The molecular weight excluding hydrogens is 310 g/mol. The first-order valence-electron chi connectivity index (χ1n) is 8.36. The van der Waals surface area contributed by atoms with Crippen LogP contribution in [-0.4, -0.2) is 50.3 Å². The van der Waals surface area contributed by atoms with Gasteiger partial charge in [-0.15, -0.1) is 0 Å². The fourth-order valence-corrected chi connectivity index (χ4v) is 4.17. The van der Waals surface area contributed by atoms with Gasteiger partial charge in [-0.3, -0.25) is 0 Å². The number of anilines is 1. The molecule has 23 heavy (non-hydrogen) atoms. The molecule has 1 aliphatic heterocycles. The zero-order valence-corrected chi connectivity index (χ0v) is 15.5. The van der Waals surface area contributed by atoms with Crippen LogP contribution < -0.4 is 4.90 Å². The Morgan fingerprint density at radius 1 is 1.09 bits per heavy atom. The third-order valence-electron chi connectivity index (χ3n) is 4.57. The molecule has 0 atom stereocenters. The lowest BCUT2D eigenvalue weighted by Crippen LogP contribution is -2.42. The lowest BCUT2D eigenvalue weighted by Gasteiger charge is -2.32. The highest BCUT2D eigenvalue weighted by molar-refractivity contribution is 7.86. The van der Waals surface area contributed by atoms with Crippen LogP contribution in [0, 0.1) is 0 Å². The topological polar surface area (TPSA) is 43.9 Å². The minimum absolute atomic E-state index is 0.0558. The van der Waals surface area contributed by atoms with Crippen molar-refractivity contribution in [3.05, 3.63) is 29.8 Å². The van der Waals surface area contributed by atoms with E-state index >= 15 is 0 Å². The van der Waals surface area contributed by atoms with E-state index in [1.165, 1.54) is 33.6 Å². The zero-order chi connectivity index (χ0) is 17.0. The molecule has 1 aromatic rings. The SMILES string of the molecule is CC(C)N(C)S(=O)(=O)N(C)Cc1ccccc1N1CCCCC1. The summed E-state index contributed by atoms with van der Waals surface area (Å²) >= 11 is 0. The van der Waals surface area contributed by atoms with E-state index in [-0.39, 0.29) is 6.04 Å². The monoisotopic (exact) mass is 339 g/mol. The average Bonchev–Trinajstić information content (AvgIpc) is 2.55. The summed E-state index contributed by atoms with van der Waals surface area (Å²) in [6, 6.07) is 8.09. The quantitative estimate of drug-likeness (QED) is 0.800. The van der Waals surface area contributed by atoms with Crippen LogP contribution in [-0.2, 0) is 16.8 Å². The van der Waals surface area contributed by atoms with E-state index in [1.807, 2.05) is 32.0 Å². The maximum Gasteiger partial charge on any atom is 0.282 e. The maximum atomic E-state index is 12.6. The summed E-state index contributed by atoms with van der Waals surface area (Å²) in [6.07, 6.45) is 3.70. The highest BCUT2D eigenvalue weighted by Crippen LogP contribution is 2.26. The molecule has 1 aliphatic rings. The van der Waals surface area contributed by atoms with Crippen molar-refractivity contribution in [3.63, 3.8) is 0 Å². The van der Waals surface area contributed by atoms with Crippen LogP contribution >= 0.6 is 0 Å². The zero-order valence-electron chi connectivity index (χ0n) is 14.7. The summed E-state index contributed by atoms with van der Waals surface area (Å²) < 4.78 is 28.1. The lowest BCUT2D eigenvalue weighted by molar-refractivity contribution is 0.355. The number of piperidine rings is 1. The van der Waals surface area contributed by atoms with Gasteiger partial charge in [0.15, 0.2) is 0 Å². The molecule has 0 saturated carbocycles. The summed E-state index contributed by atoms with van der Waals surface area (Å²) in [5, 5.41) is 0. The summed E-state index contributed by atoms with van der Waals surface area (Å²) in [5.74, 6) is 0. The van der Waals surface area contributed by atoms with Gasteiger partial charge in [-0.1, -0.05) is 18.2 Å². The van der Waals surface area contributed by atoms with Crippen molar-refractivity contribution in [1.82, 2.24) is 8.61 Å². The predicted octanol–water partition coefficient (Wildman–Crippen LogP) is 2.69. The van der Waals surface area contributed by atoms with Crippen LogP contribution in [0.25, 0.3) is 0 Å². The van der Waals surface area contributed by atoms with Crippen LogP contribution in [0.15, 0.2) is 24.3 Å². The molecule has 0 spiro atoms. The van der Waals surface area contributed by atoms with Crippen LogP contribution in [0.4, 0.5) is 5.69 Å². The van der Waals surface area contributed by atoms with Gasteiger partial charge in [0.2, 0.25) is 0 Å². The van der Waals surface area contributed by atoms with Gasteiger partial charge in [0.05, 0.1) is 0 Å². The van der Waals surface area contributed by atoms with Gasteiger partial charge in [-0.25, -0.2) is 0 Å². The number of hydrogen-bond donors (Lipinski definition) is 0. The number of para-hydroxylation sites is 1. The molecular formula is C17H29N3O2S. The second-order valence-corrected chi connectivity index (χ2v) is 8.65. The van der Waals surface area contributed by atoms with Gasteiger partial charge in [-0.05, 0) is 44.7 Å². The average molecular weight is 340 g/mol. The highest BCUT2D eigenvalue weighted by atomic mass is 32.2. The summed E-state index contributed by atoms with van der Waals surface area (Å²) in [5.41, 5.74) is 2.24. The molecule has 6 heteroatoms. The third kappa shape index (κ3) is 4.25. The fourth-order valence-electron chi connectivity index (χ4n) is 2.90. The van der Waals surface area contributed by atoms with Crippen LogP contribution in [0.5, 0.6) is 0 Å². The smallest absolute Gasteiger partial charge is 0.282 e. The Kier molecular flexibility index (Phi) is 6.06. The van der Waals surface area contributed by atoms with E-state index in [1.54, 1.807) is 14.1 Å². The molecule has 1 saturated heterocycles. The first kappa shape index (κ1) is 18.2. The molecule has 0 aliphatic carbocycles. The molecule has 5 nitrogen and oxygen atoms in total. The lowest BCUT2D eigenvalue weighted by atomic mass is 10.1. The number of hydrogen-bond acceptors (Lipinski definition) is 3. The molecule has 1 aromatic carbocycles. The third-order valence-corrected chi connectivity index (χ3v) is 6.63. The largest absolute Gasteiger partial charge is 0.371 e. The van der Waals surface area contributed by atoms with Gasteiger partial charge >= 0.3 is 0 Å². The van der Waals surface area contributed by atoms with Crippen molar-refractivity contribution in [3.8, 4) is 0 Å². The number of nitrogens with zero attached hydrogens (tertiary/aromatic N) is 3. The molecule has 0 radical (unpaired) electrons. The van der Waals surface area contributed by atoms with Crippen molar-refractivity contribution in [2.24, 2.45) is 0 Å². The molecule has 0 aromatic heterocycles. The molecule has 0 N–H and O–H groups in total. The van der Waals surface area contributed by atoms with Crippen molar-refractivity contribution in [2.75, 3.05) is 32.1 Å². The van der Waals surface area contributed by atoms with Crippen LogP contribution in [0.1, 0.15) is 38.7 Å². The van der Waals surface area contributed by atoms with Crippen LogP contribution in [0.2, 0.25) is 0 Å². The molecule has 0 bridgehead atoms. The first-order valence-corrected chi connectivity index (χ1v) is 9.76. The Balaban J connectivity index is 2.19. The van der Waals surface area contributed by atoms with Crippen molar-refractivity contribution in [2.45, 2.75) is 45.7 Å². The van der Waals surface area contributed by atoms with Crippen molar-refractivity contribution < 1.29 is 8.42 Å². The van der Waals surface area contributed by atoms with E-state index in [0.717, 1.165) is 18.7 Å². The van der Waals surface area contributed by atoms with Crippen LogP contribution in [0.3, 0.4) is 0 Å². The van der Waals surface area contributed by atoms with Gasteiger partial charge in [-0.2, -0.15) is 17.0 Å². The Morgan fingerprint density at radius 2 is 1.70 bits per heavy atom. The van der Waals surface area contributed by atoms with E-state index in [9.17, 15) is 8.42 Å². The maximum absolute atomic E-state index is 12.6. The molecule has 0 amide bonds. The normalized spacial score (nSPS) is 16.6. The highest BCUT2D eigenvalue weighted by Gasteiger charge is 2.26. The van der Waals surface area contributed by atoms with Gasteiger partial charge in [0.1, 0.15) is 0 Å². The number of rotatable bonds is 6. The standard InChI is InChI=1S/C17H29N3O2S/c1-15(2)19(4)23(21,22)18(3)14-16-10-6-7-11-17(16)20-12-8-5-9-13-20/h6-7,10-11,15H,5,8-9,12-14H2,1-4H3. The molecule has 2 rings (SSSR count). The molecule has 130 valence electrons. The summed E-state index contributed by atoms with van der Waals surface area (Å²) in [7, 11) is -0.150. The Bertz CT molecular complexity index is 610. The molecule has 0 unspecified atom stereocenters. The minimum Gasteiger partial charge on any atom is -0.371 e. The van der Waals surface area contributed by atoms with Crippen molar-refractivity contribution in [1.29, 1.82) is 0 Å². The Hall–Kier alpha value is -1.11. The summed E-state index contributed by atoms with van der Waals surface area (Å²) in [6.45, 7) is 6.27. The van der Waals surface area contributed by atoms with E-state index < -0.39 is 10.2 Å². The fraction of sp³-hybridized carbons (Fsp3) is 0.647. The van der Waals surface area contributed by atoms with Gasteiger partial charge in [0.25, 0.3) is 10.2 Å². The first-order chi connectivity index (χ1) is 10.8.